The molecular weight excluding hydrogens is 204 g/mol. The van der Waals surface area contributed by atoms with Gasteiger partial charge in [0.15, 0.2) is 0 Å². The Hall–Kier alpha value is -1.62. The van der Waals surface area contributed by atoms with Crippen molar-refractivity contribution >= 4 is 5.52 Å². The van der Waals surface area contributed by atoms with Crippen LogP contribution < -0.4 is 11.3 Å². The molecule has 0 amide bonds. The van der Waals surface area contributed by atoms with Gasteiger partial charge in [-0.1, -0.05) is 0 Å². The molecule has 0 aliphatic heterocycles. The second-order valence-electron chi connectivity index (χ2n) is 4.61. The monoisotopic (exact) mass is 220 g/mol. The van der Waals surface area contributed by atoms with Crippen LogP contribution in [0.15, 0.2) is 23.3 Å². The molecule has 2 rings (SSSR count). The van der Waals surface area contributed by atoms with Crippen molar-refractivity contribution in [3.05, 3.63) is 34.5 Å². The van der Waals surface area contributed by atoms with Gasteiger partial charge in [0.05, 0.1) is 11.2 Å². The molecule has 0 radical (unpaired) electrons. The van der Waals surface area contributed by atoms with Crippen molar-refractivity contribution in [1.29, 1.82) is 0 Å². The molecular formula is C11H16N4O. The van der Waals surface area contributed by atoms with E-state index in [-0.39, 0.29) is 11.1 Å². The largest absolute Gasteiger partial charge is 0.328 e. The fourth-order valence-electron chi connectivity index (χ4n) is 1.69. The van der Waals surface area contributed by atoms with Crippen molar-refractivity contribution < 1.29 is 0 Å². The van der Waals surface area contributed by atoms with E-state index in [0.717, 1.165) is 5.69 Å². The van der Waals surface area contributed by atoms with Crippen LogP contribution in [0.5, 0.6) is 0 Å². The van der Waals surface area contributed by atoms with Crippen molar-refractivity contribution in [3.8, 4) is 0 Å². The van der Waals surface area contributed by atoms with Crippen LogP contribution in [0.4, 0.5) is 0 Å². The zero-order chi connectivity index (χ0) is 11.9. The minimum absolute atomic E-state index is 0.0569. The lowest BCUT2D eigenvalue weighted by Crippen LogP contribution is -2.42. The smallest absolute Gasteiger partial charge is 0.277 e. The van der Waals surface area contributed by atoms with Crippen molar-refractivity contribution in [2.45, 2.75) is 26.3 Å². The van der Waals surface area contributed by atoms with Crippen molar-refractivity contribution in [1.82, 2.24) is 14.2 Å². The van der Waals surface area contributed by atoms with E-state index in [1.807, 2.05) is 20.8 Å². The summed E-state index contributed by atoms with van der Waals surface area (Å²) in [6.45, 7) is 6.16. The van der Waals surface area contributed by atoms with E-state index in [4.69, 9.17) is 5.73 Å². The van der Waals surface area contributed by atoms with Gasteiger partial charge in [-0.2, -0.15) is 5.10 Å². The molecule has 5 nitrogen and oxygen atoms in total. The molecule has 2 N–H and O–H groups in total. The molecule has 0 aromatic carbocycles. The summed E-state index contributed by atoms with van der Waals surface area (Å²) in [7, 11) is 0. The summed E-state index contributed by atoms with van der Waals surface area (Å²) in [6.07, 6.45) is 3.51. The molecule has 0 saturated heterocycles. The first-order valence-corrected chi connectivity index (χ1v) is 5.24. The van der Waals surface area contributed by atoms with Gasteiger partial charge in [-0.25, -0.2) is 4.52 Å². The molecule has 2 aromatic rings. The fraction of sp³-hybridized carbons (Fsp3) is 0.455. The van der Waals surface area contributed by atoms with Crippen molar-refractivity contribution in [2.24, 2.45) is 5.73 Å². The van der Waals surface area contributed by atoms with Gasteiger partial charge in [0, 0.05) is 18.9 Å². The topological polar surface area (TPSA) is 65.3 Å². The first kappa shape index (κ1) is 10.9. The number of aryl methyl sites for hydroxylation is 1. The first-order chi connectivity index (χ1) is 7.45. The molecule has 0 bridgehead atoms. The fourth-order valence-corrected chi connectivity index (χ4v) is 1.69. The Labute approximate surface area is 93.5 Å². The van der Waals surface area contributed by atoms with Crippen LogP contribution >= 0.6 is 0 Å². The van der Waals surface area contributed by atoms with Crippen LogP contribution in [-0.2, 0) is 5.54 Å². The SMILES string of the molecule is Cc1cc2c(=O)n(C(C)(C)CN)ccn2n1. The van der Waals surface area contributed by atoms with E-state index >= 15 is 0 Å². The number of fused-ring (bicyclic) bond motifs is 1. The molecule has 0 unspecified atom stereocenters. The standard InChI is InChI=1S/C11H16N4O/c1-8-6-9-10(16)14(11(2,3)7-12)4-5-15(9)13-8/h4-6H,7,12H2,1-3H3. The summed E-state index contributed by atoms with van der Waals surface area (Å²) in [6, 6.07) is 1.78. The number of hydrogen-bond acceptors (Lipinski definition) is 3. The third kappa shape index (κ3) is 1.53. The van der Waals surface area contributed by atoms with Crippen LogP contribution in [0, 0.1) is 6.92 Å². The van der Waals surface area contributed by atoms with Crippen molar-refractivity contribution in [2.75, 3.05) is 6.54 Å². The van der Waals surface area contributed by atoms with Crippen LogP contribution in [0.3, 0.4) is 0 Å². The highest BCUT2D eigenvalue weighted by atomic mass is 16.1. The van der Waals surface area contributed by atoms with Crippen LogP contribution in [0.25, 0.3) is 5.52 Å². The van der Waals surface area contributed by atoms with E-state index < -0.39 is 0 Å². The van der Waals surface area contributed by atoms with Crippen LogP contribution in [0.2, 0.25) is 0 Å². The predicted molar refractivity (Wildman–Crippen MR) is 62.6 cm³/mol. The average Bonchev–Trinajstić information content (AvgIpc) is 2.60. The summed E-state index contributed by atoms with van der Waals surface area (Å²) in [5.41, 5.74) is 6.66. The molecule has 2 heterocycles. The normalized spacial score (nSPS) is 12.2. The quantitative estimate of drug-likeness (QED) is 0.801. The Morgan fingerprint density at radius 2 is 2.12 bits per heavy atom. The van der Waals surface area contributed by atoms with Gasteiger partial charge in [0.25, 0.3) is 5.56 Å². The number of rotatable bonds is 2. The Morgan fingerprint density at radius 1 is 1.44 bits per heavy atom. The van der Waals surface area contributed by atoms with Gasteiger partial charge in [-0.05, 0) is 26.8 Å². The number of aromatic nitrogens is 3. The third-order valence-corrected chi connectivity index (χ3v) is 2.80. The van der Waals surface area contributed by atoms with Gasteiger partial charge < -0.3 is 10.3 Å². The summed E-state index contributed by atoms with van der Waals surface area (Å²) < 4.78 is 3.25. The third-order valence-electron chi connectivity index (χ3n) is 2.80. The number of hydrogen-bond donors (Lipinski definition) is 1. The average molecular weight is 220 g/mol. The Bertz CT molecular complexity index is 579. The molecule has 0 aliphatic rings. The van der Waals surface area contributed by atoms with Crippen LogP contribution in [0.1, 0.15) is 19.5 Å². The van der Waals surface area contributed by atoms with Gasteiger partial charge in [0.1, 0.15) is 5.52 Å². The molecule has 0 fully saturated rings. The summed E-state index contributed by atoms with van der Waals surface area (Å²) in [4.78, 5) is 12.2. The Morgan fingerprint density at radius 3 is 2.75 bits per heavy atom. The Balaban J connectivity index is 2.75. The van der Waals surface area contributed by atoms with Crippen molar-refractivity contribution in [3.63, 3.8) is 0 Å². The maximum Gasteiger partial charge on any atom is 0.277 e. The predicted octanol–water partition coefficient (Wildman–Crippen LogP) is 0.498. The number of nitrogens with zero attached hydrogens (tertiary/aromatic N) is 3. The maximum atomic E-state index is 12.2. The molecule has 2 aromatic heterocycles. The van der Waals surface area contributed by atoms with E-state index in [0.29, 0.717) is 12.1 Å². The highest BCUT2D eigenvalue weighted by Gasteiger charge is 2.20. The zero-order valence-corrected chi connectivity index (χ0v) is 9.77. The summed E-state index contributed by atoms with van der Waals surface area (Å²) in [5, 5.41) is 4.20. The van der Waals surface area contributed by atoms with Gasteiger partial charge >= 0.3 is 0 Å². The highest BCUT2D eigenvalue weighted by molar-refractivity contribution is 5.45. The van der Waals surface area contributed by atoms with Gasteiger partial charge in [-0.3, -0.25) is 4.79 Å². The van der Waals surface area contributed by atoms with Gasteiger partial charge in [0.2, 0.25) is 0 Å². The molecule has 0 spiro atoms. The minimum atomic E-state index is -0.378. The lowest BCUT2D eigenvalue weighted by molar-refractivity contribution is 0.355. The maximum absolute atomic E-state index is 12.2. The summed E-state index contributed by atoms with van der Waals surface area (Å²) in [5.74, 6) is 0. The number of nitrogens with two attached hydrogens (primary N) is 1. The minimum Gasteiger partial charge on any atom is -0.328 e. The van der Waals surface area contributed by atoms with Gasteiger partial charge in [-0.15, -0.1) is 0 Å². The van der Waals surface area contributed by atoms with Crippen LogP contribution in [-0.4, -0.2) is 20.7 Å². The lowest BCUT2D eigenvalue weighted by atomic mass is 10.1. The second-order valence-corrected chi connectivity index (χ2v) is 4.61. The molecule has 5 heteroatoms. The molecule has 16 heavy (non-hydrogen) atoms. The van der Waals surface area contributed by atoms with E-state index in [1.165, 1.54) is 0 Å². The first-order valence-electron chi connectivity index (χ1n) is 5.24. The van der Waals surface area contributed by atoms with E-state index in [9.17, 15) is 4.79 Å². The molecule has 86 valence electrons. The second kappa shape index (κ2) is 3.45. The summed E-state index contributed by atoms with van der Waals surface area (Å²) >= 11 is 0. The molecule has 0 aliphatic carbocycles. The Kier molecular flexibility index (Phi) is 2.35. The molecule has 0 saturated carbocycles. The van der Waals surface area contributed by atoms with E-state index in [1.54, 1.807) is 27.5 Å². The zero-order valence-electron chi connectivity index (χ0n) is 9.77. The van der Waals surface area contributed by atoms with E-state index in [2.05, 4.69) is 5.10 Å². The lowest BCUT2D eigenvalue weighted by Gasteiger charge is -2.25. The molecule has 0 atom stereocenters. The highest BCUT2D eigenvalue weighted by Crippen LogP contribution is 2.11.